The van der Waals surface area contributed by atoms with Crippen molar-refractivity contribution in [3.05, 3.63) is 0 Å². The second kappa shape index (κ2) is 39.3. The van der Waals surface area contributed by atoms with Gasteiger partial charge in [-0.15, -0.1) is 49.6 Å². The van der Waals surface area contributed by atoms with Crippen LogP contribution in [-0.2, 0) is 20.4 Å². The van der Waals surface area contributed by atoms with Crippen LogP contribution >= 0.6 is 49.6 Å². The summed E-state index contributed by atoms with van der Waals surface area (Å²) in [5.74, 6) is 0. The van der Waals surface area contributed by atoms with Crippen molar-refractivity contribution in [2.24, 2.45) is 0 Å². The molecule has 0 bridgehead atoms. The molecule has 6 heavy (non-hydrogen) atoms. The molecular weight excluding hydrogens is 287 g/mol. The zero-order chi connectivity index (χ0) is 0. The fraction of sp³-hybridized carbons (Fsp3) is 0. The summed E-state index contributed by atoms with van der Waals surface area (Å²) in [6, 6.07) is 0. The van der Waals surface area contributed by atoms with E-state index in [1.807, 2.05) is 0 Å². The smallest absolute Gasteiger partial charge is 0 e. The predicted molar refractivity (Wildman–Crippen MR) is 36.1 cm³/mol. The van der Waals surface area contributed by atoms with Gasteiger partial charge in [0.15, 0.2) is 0 Å². The van der Waals surface area contributed by atoms with Crippen LogP contribution in [0.3, 0.4) is 0 Å². The molecule has 0 aliphatic carbocycles. The number of hydrogen-bond donors (Lipinski definition) is 0. The maximum absolute atomic E-state index is 0. The maximum Gasteiger partial charge on any atom is 0 e. The van der Waals surface area contributed by atoms with Gasteiger partial charge in [0.25, 0.3) is 0 Å². The van der Waals surface area contributed by atoms with Crippen LogP contribution in [0.1, 0.15) is 0 Å². The molecule has 6 heteroatoms. The summed E-state index contributed by atoms with van der Waals surface area (Å²) >= 11 is 0. The molecule has 0 radical (unpaired) electrons. The molecule has 0 fully saturated rings. The Kier molecular flexibility index (Phi) is 371. The average molecular weight is 292 g/mol. The van der Waals surface area contributed by atoms with Gasteiger partial charge < -0.3 is 0 Å². The normalized spacial score (nSPS) is 0. The minimum atomic E-state index is 0. The van der Waals surface area contributed by atoms with Crippen LogP contribution < -0.4 is 0 Å². The van der Waals surface area contributed by atoms with E-state index in [1.54, 1.807) is 0 Å². The number of hydrogen-bond acceptors (Lipinski definition) is 0. The molecule has 0 atom stereocenters. The van der Waals surface area contributed by atoms with Gasteiger partial charge >= 0.3 is 51.4 Å². The Morgan fingerprint density at radius 2 is 0.500 bits per heavy atom. The fourth-order valence-corrected chi connectivity index (χ4v) is 0. The molecule has 44 valence electrons. The van der Waals surface area contributed by atoms with E-state index in [2.05, 4.69) is 0 Å². The van der Waals surface area contributed by atoms with Crippen molar-refractivity contribution in [3.8, 4) is 0 Å². The first-order chi connectivity index (χ1) is 0. The van der Waals surface area contributed by atoms with Gasteiger partial charge in [0.05, 0.1) is 0 Å². The topological polar surface area (TPSA) is 0 Å². The molecule has 0 spiro atoms. The van der Waals surface area contributed by atoms with E-state index >= 15 is 0 Å². The van der Waals surface area contributed by atoms with E-state index in [4.69, 9.17) is 0 Å². The zero-order valence-electron chi connectivity index (χ0n) is 1.95. The van der Waals surface area contributed by atoms with E-state index in [-0.39, 0.29) is 121 Å². The van der Waals surface area contributed by atoms with Gasteiger partial charge in [0.1, 0.15) is 0 Å². The predicted octanol–water partition coefficient (Wildman–Crippen LogP) is 1.04. The molecule has 0 aromatic heterocycles. The van der Waals surface area contributed by atoms with Gasteiger partial charge in [-0.25, -0.2) is 0 Å². The van der Waals surface area contributed by atoms with Crippen molar-refractivity contribution in [1.29, 1.82) is 0 Å². The molecule has 0 saturated heterocycles. The second-order valence-corrected chi connectivity index (χ2v) is 0. The Morgan fingerprint density at radius 3 is 0.500 bits per heavy atom. The van der Waals surface area contributed by atoms with Gasteiger partial charge in [-0.3, -0.25) is 0 Å². The third kappa shape index (κ3) is 26.0. The first kappa shape index (κ1) is 56.6. The van der Waals surface area contributed by atoms with Crippen LogP contribution in [0.4, 0.5) is 0 Å². The molecule has 0 amide bonds. The minimum Gasteiger partial charge on any atom is 0 e. The van der Waals surface area contributed by atoms with Crippen molar-refractivity contribution in [2.45, 2.75) is 0 Å². The SMILES string of the molecule is Cl.Cl.Cl.Cl.[KH].[Pd]. The van der Waals surface area contributed by atoms with Crippen LogP contribution in [0.15, 0.2) is 0 Å². The van der Waals surface area contributed by atoms with E-state index < -0.39 is 0 Å². The Hall–Kier alpha value is 3.46. The van der Waals surface area contributed by atoms with Crippen LogP contribution in [0, 0.1) is 0 Å². The molecule has 0 aromatic carbocycles. The molecule has 0 nitrogen and oxygen atoms in total. The van der Waals surface area contributed by atoms with Crippen LogP contribution in [0.25, 0.3) is 0 Å². The largest absolute Gasteiger partial charge is 0 e. The number of halogens is 4. The van der Waals surface area contributed by atoms with Gasteiger partial charge in [0.2, 0.25) is 0 Å². The van der Waals surface area contributed by atoms with E-state index in [1.165, 1.54) is 0 Å². The van der Waals surface area contributed by atoms with E-state index in [9.17, 15) is 0 Å². The van der Waals surface area contributed by atoms with Crippen molar-refractivity contribution < 1.29 is 20.4 Å². The molecule has 0 saturated carbocycles. The minimum absolute atomic E-state index is 0. The monoisotopic (exact) mass is 290 g/mol. The zero-order valence-corrected chi connectivity index (χ0v) is 6.77. The molecule has 0 unspecified atom stereocenters. The quantitative estimate of drug-likeness (QED) is 0.585. The summed E-state index contributed by atoms with van der Waals surface area (Å²) in [4.78, 5) is 0. The van der Waals surface area contributed by atoms with Crippen LogP contribution in [-0.4, -0.2) is 51.4 Å². The first-order valence-electron chi connectivity index (χ1n) is 0. The van der Waals surface area contributed by atoms with Crippen molar-refractivity contribution in [1.82, 2.24) is 0 Å². The summed E-state index contributed by atoms with van der Waals surface area (Å²) in [5.41, 5.74) is 0. The molecule has 0 rings (SSSR count). The Balaban J connectivity index is 0. The summed E-state index contributed by atoms with van der Waals surface area (Å²) in [6.45, 7) is 0. The molecule has 0 N–H and O–H groups in total. The van der Waals surface area contributed by atoms with Gasteiger partial charge in [-0.1, -0.05) is 0 Å². The van der Waals surface area contributed by atoms with Crippen LogP contribution in [0.5, 0.6) is 0 Å². The molecule has 0 heterocycles. The maximum atomic E-state index is 0. The van der Waals surface area contributed by atoms with Crippen molar-refractivity contribution in [2.75, 3.05) is 0 Å². The third-order valence-corrected chi connectivity index (χ3v) is 0. The first-order valence-corrected chi connectivity index (χ1v) is 0. The second-order valence-electron chi connectivity index (χ2n) is 0. The van der Waals surface area contributed by atoms with E-state index in [0.29, 0.717) is 0 Å². The van der Waals surface area contributed by atoms with Gasteiger partial charge in [0, 0.05) is 20.4 Å². The summed E-state index contributed by atoms with van der Waals surface area (Å²) < 4.78 is 0. The average Bonchev–Trinajstić information content (AvgIpc) is 0. The standard InChI is InChI=1S/4ClH.K.Pd.H/h4*1H;;;. The molecular formula is H5Cl4KPd. The number of rotatable bonds is 0. The molecule has 0 aliphatic heterocycles. The van der Waals surface area contributed by atoms with Crippen LogP contribution in [0.2, 0.25) is 0 Å². The fourth-order valence-electron chi connectivity index (χ4n) is 0. The summed E-state index contributed by atoms with van der Waals surface area (Å²) in [5, 5.41) is 0. The third-order valence-electron chi connectivity index (χ3n) is 0. The van der Waals surface area contributed by atoms with Gasteiger partial charge in [-0.05, 0) is 0 Å². The Morgan fingerprint density at radius 1 is 0.500 bits per heavy atom. The Bertz CT molecular complexity index is 7.51. The van der Waals surface area contributed by atoms with Crippen molar-refractivity contribution >= 4 is 101 Å². The molecule has 0 aromatic rings. The summed E-state index contributed by atoms with van der Waals surface area (Å²) in [6.07, 6.45) is 0. The van der Waals surface area contributed by atoms with Gasteiger partial charge in [-0.2, -0.15) is 0 Å². The Labute approximate surface area is 119 Å². The van der Waals surface area contributed by atoms with Crippen molar-refractivity contribution in [3.63, 3.8) is 0 Å². The summed E-state index contributed by atoms with van der Waals surface area (Å²) in [7, 11) is 0. The van der Waals surface area contributed by atoms with E-state index in [0.717, 1.165) is 0 Å². The molecule has 0 aliphatic rings.